The molecular formula is C13H17FN2O. The van der Waals surface area contributed by atoms with Gasteiger partial charge in [-0.2, -0.15) is 0 Å². The van der Waals surface area contributed by atoms with E-state index in [0.29, 0.717) is 0 Å². The molecule has 1 N–H and O–H groups in total. The summed E-state index contributed by atoms with van der Waals surface area (Å²) >= 11 is 0. The number of hydrogen-bond donors (Lipinski definition) is 1. The lowest BCUT2D eigenvalue weighted by atomic mass is 10.1. The Labute approximate surface area is 101 Å². The standard InChI is InChI=1S/C13H17FN2O/c1-16(10-5-4-8-15-9-10)13(17)11-6-2-3-7-12(11)14/h2-3,6-7,10,15H,4-5,8-9H2,1H3. The molecule has 1 amide bonds. The first kappa shape index (κ1) is 12.0. The number of hydrogen-bond acceptors (Lipinski definition) is 2. The predicted molar refractivity (Wildman–Crippen MR) is 64.4 cm³/mol. The highest BCUT2D eigenvalue weighted by atomic mass is 19.1. The molecule has 3 nitrogen and oxygen atoms in total. The van der Waals surface area contributed by atoms with Crippen molar-refractivity contribution >= 4 is 5.91 Å². The van der Waals surface area contributed by atoms with Crippen molar-refractivity contribution in [3.05, 3.63) is 35.6 Å². The molecule has 1 unspecified atom stereocenters. The largest absolute Gasteiger partial charge is 0.337 e. The molecule has 0 radical (unpaired) electrons. The molecule has 1 saturated heterocycles. The highest BCUT2D eigenvalue weighted by Crippen LogP contribution is 2.14. The fraction of sp³-hybridized carbons (Fsp3) is 0.462. The van der Waals surface area contributed by atoms with Crippen molar-refractivity contribution in [2.24, 2.45) is 0 Å². The molecule has 1 aliphatic rings. The number of benzene rings is 1. The summed E-state index contributed by atoms with van der Waals surface area (Å²) in [5, 5.41) is 3.25. The quantitative estimate of drug-likeness (QED) is 0.846. The van der Waals surface area contributed by atoms with E-state index < -0.39 is 5.82 Å². The molecule has 1 aromatic rings. The molecule has 4 heteroatoms. The molecule has 0 saturated carbocycles. The zero-order chi connectivity index (χ0) is 12.3. The van der Waals surface area contributed by atoms with Crippen LogP contribution in [0.3, 0.4) is 0 Å². The average molecular weight is 236 g/mol. The molecule has 1 aromatic carbocycles. The van der Waals surface area contributed by atoms with Gasteiger partial charge < -0.3 is 10.2 Å². The molecular weight excluding hydrogens is 219 g/mol. The minimum absolute atomic E-state index is 0.153. The van der Waals surface area contributed by atoms with E-state index in [4.69, 9.17) is 0 Å². The number of carbonyl (C=O) groups excluding carboxylic acids is 1. The summed E-state index contributed by atoms with van der Waals surface area (Å²) in [7, 11) is 1.74. The number of rotatable bonds is 2. The molecule has 1 aliphatic heterocycles. The summed E-state index contributed by atoms with van der Waals surface area (Å²) in [6, 6.07) is 6.29. The summed E-state index contributed by atoms with van der Waals surface area (Å²) in [4.78, 5) is 13.8. The van der Waals surface area contributed by atoms with Gasteiger partial charge in [0.2, 0.25) is 0 Å². The van der Waals surface area contributed by atoms with Gasteiger partial charge in [0.25, 0.3) is 5.91 Å². The van der Waals surface area contributed by atoms with Crippen molar-refractivity contribution in [1.82, 2.24) is 10.2 Å². The minimum Gasteiger partial charge on any atom is -0.337 e. The van der Waals surface area contributed by atoms with Crippen LogP contribution in [-0.2, 0) is 0 Å². The molecule has 1 atom stereocenters. The van der Waals surface area contributed by atoms with Crippen LogP contribution in [0.2, 0.25) is 0 Å². The van der Waals surface area contributed by atoms with Crippen LogP contribution in [0.1, 0.15) is 23.2 Å². The number of amides is 1. The molecule has 0 aliphatic carbocycles. The third-order valence-corrected chi connectivity index (χ3v) is 3.24. The fourth-order valence-corrected chi connectivity index (χ4v) is 2.15. The summed E-state index contributed by atoms with van der Waals surface area (Å²) in [6.07, 6.45) is 2.03. The molecule has 0 spiro atoms. The summed E-state index contributed by atoms with van der Waals surface area (Å²) in [5.41, 5.74) is 0.153. The summed E-state index contributed by atoms with van der Waals surface area (Å²) in [6.45, 7) is 1.79. The first-order valence-electron chi connectivity index (χ1n) is 5.92. The number of nitrogens with one attached hydrogen (secondary N) is 1. The Kier molecular flexibility index (Phi) is 3.74. The second kappa shape index (κ2) is 5.27. The Bertz CT molecular complexity index is 402. The van der Waals surface area contributed by atoms with Gasteiger partial charge in [0.15, 0.2) is 0 Å². The van der Waals surface area contributed by atoms with Crippen LogP contribution in [0.4, 0.5) is 4.39 Å². The maximum atomic E-state index is 13.5. The predicted octanol–water partition coefficient (Wildman–Crippen LogP) is 1.65. The number of nitrogens with zero attached hydrogens (tertiary/aromatic N) is 1. The molecule has 17 heavy (non-hydrogen) atoms. The van der Waals surface area contributed by atoms with E-state index in [1.807, 2.05) is 0 Å². The molecule has 2 rings (SSSR count). The van der Waals surface area contributed by atoms with Gasteiger partial charge in [0, 0.05) is 19.6 Å². The van der Waals surface area contributed by atoms with E-state index in [9.17, 15) is 9.18 Å². The van der Waals surface area contributed by atoms with Gasteiger partial charge in [-0.1, -0.05) is 12.1 Å². The molecule has 92 valence electrons. The first-order chi connectivity index (χ1) is 8.20. The van der Waals surface area contributed by atoms with Crippen LogP contribution < -0.4 is 5.32 Å². The molecule has 1 heterocycles. The van der Waals surface area contributed by atoms with E-state index in [2.05, 4.69) is 5.32 Å². The van der Waals surface area contributed by atoms with E-state index in [-0.39, 0.29) is 17.5 Å². The van der Waals surface area contributed by atoms with E-state index >= 15 is 0 Å². The monoisotopic (exact) mass is 236 g/mol. The Balaban J connectivity index is 2.11. The van der Waals surface area contributed by atoms with Crippen molar-refractivity contribution in [3.8, 4) is 0 Å². The van der Waals surface area contributed by atoms with Gasteiger partial charge in [0.1, 0.15) is 5.82 Å². The Morgan fingerprint density at radius 2 is 2.24 bits per heavy atom. The lowest BCUT2D eigenvalue weighted by Crippen LogP contribution is -2.46. The number of piperidine rings is 1. The van der Waals surface area contributed by atoms with E-state index in [0.717, 1.165) is 25.9 Å². The number of halogens is 1. The lowest BCUT2D eigenvalue weighted by Gasteiger charge is -2.31. The summed E-state index contributed by atoms with van der Waals surface area (Å²) < 4.78 is 13.5. The van der Waals surface area contributed by atoms with E-state index in [1.54, 1.807) is 24.1 Å². The van der Waals surface area contributed by atoms with Crippen molar-refractivity contribution in [1.29, 1.82) is 0 Å². The van der Waals surface area contributed by atoms with Crippen LogP contribution >= 0.6 is 0 Å². The van der Waals surface area contributed by atoms with Crippen molar-refractivity contribution < 1.29 is 9.18 Å². The van der Waals surface area contributed by atoms with Gasteiger partial charge >= 0.3 is 0 Å². The maximum absolute atomic E-state index is 13.5. The van der Waals surface area contributed by atoms with Crippen molar-refractivity contribution in [2.75, 3.05) is 20.1 Å². The fourth-order valence-electron chi connectivity index (χ4n) is 2.15. The van der Waals surface area contributed by atoms with Crippen LogP contribution in [-0.4, -0.2) is 37.0 Å². The highest BCUT2D eigenvalue weighted by Gasteiger charge is 2.24. The van der Waals surface area contributed by atoms with E-state index in [1.165, 1.54) is 12.1 Å². The summed E-state index contributed by atoms with van der Waals surface area (Å²) in [5.74, 6) is -0.690. The van der Waals surface area contributed by atoms with Crippen LogP contribution in [0, 0.1) is 5.82 Å². The Morgan fingerprint density at radius 1 is 1.47 bits per heavy atom. The zero-order valence-electron chi connectivity index (χ0n) is 9.95. The van der Waals surface area contributed by atoms with Crippen molar-refractivity contribution in [3.63, 3.8) is 0 Å². The number of likely N-dealkylation sites (N-methyl/N-ethyl adjacent to an activating group) is 1. The smallest absolute Gasteiger partial charge is 0.256 e. The average Bonchev–Trinajstić information content (AvgIpc) is 2.39. The molecule has 0 aromatic heterocycles. The zero-order valence-corrected chi connectivity index (χ0v) is 9.95. The second-order valence-electron chi connectivity index (χ2n) is 4.40. The highest BCUT2D eigenvalue weighted by molar-refractivity contribution is 5.94. The normalized spacial score (nSPS) is 20.0. The van der Waals surface area contributed by atoms with Crippen LogP contribution in [0.5, 0.6) is 0 Å². The number of carbonyl (C=O) groups is 1. The SMILES string of the molecule is CN(C(=O)c1ccccc1F)C1CCCNC1. The third-order valence-electron chi connectivity index (χ3n) is 3.24. The molecule has 1 fully saturated rings. The van der Waals surface area contributed by atoms with Crippen LogP contribution in [0.15, 0.2) is 24.3 Å². The third kappa shape index (κ3) is 2.64. The Morgan fingerprint density at radius 3 is 2.88 bits per heavy atom. The van der Waals surface area contributed by atoms with Gasteiger partial charge in [0.05, 0.1) is 5.56 Å². The van der Waals surface area contributed by atoms with Gasteiger partial charge in [-0.05, 0) is 31.5 Å². The topological polar surface area (TPSA) is 32.3 Å². The van der Waals surface area contributed by atoms with Gasteiger partial charge in [-0.25, -0.2) is 4.39 Å². The maximum Gasteiger partial charge on any atom is 0.256 e. The lowest BCUT2D eigenvalue weighted by molar-refractivity contribution is 0.0703. The second-order valence-corrected chi connectivity index (χ2v) is 4.40. The first-order valence-corrected chi connectivity index (χ1v) is 5.92. The minimum atomic E-state index is -0.451. The molecule has 0 bridgehead atoms. The van der Waals surface area contributed by atoms with Gasteiger partial charge in [-0.3, -0.25) is 4.79 Å². The van der Waals surface area contributed by atoms with Gasteiger partial charge in [-0.15, -0.1) is 0 Å². The van der Waals surface area contributed by atoms with Crippen molar-refractivity contribution in [2.45, 2.75) is 18.9 Å². The van der Waals surface area contributed by atoms with Crippen LogP contribution in [0.25, 0.3) is 0 Å². The Hall–Kier alpha value is -1.42.